The van der Waals surface area contributed by atoms with Crippen LogP contribution in [-0.2, 0) is 0 Å². The van der Waals surface area contributed by atoms with Gasteiger partial charge in [0.2, 0.25) is 5.88 Å². The van der Waals surface area contributed by atoms with E-state index in [9.17, 15) is 0 Å². The summed E-state index contributed by atoms with van der Waals surface area (Å²) < 4.78 is 5.98. The van der Waals surface area contributed by atoms with Gasteiger partial charge in [0.1, 0.15) is 15.7 Å². The zero-order chi connectivity index (χ0) is 9.42. The van der Waals surface area contributed by atoms with E-state index >= 15 is 0 Å². The molecule has 68 valence electrons. The van der Waals surface area contributed by atoms with Crippen LogP contribution in [0.25, 0.3) is 11.0 Å². The molecule has 2 heterocycles. The molecule has 0 saturated heterocycles. The first-order valence-electron chi connectivity index (χ1n) is 3.47. The first-order valence-corrected chi connectivity index (χ1v) is 4.28. The van der Waals surface area contributed by atoms with Gasteiger partial charge in [-0.2, -0.15) is 0 Å². The lowest BCUT2D eigenvalue weighted by molar-refractivity contribution is 0.401. The van der Waals surface area contributed by atoms with Crippen molar-refractivity contribution in [3.63, 3.8) is 0 Å². The Morgan fingerprint density at radius 1 is 1.31 bits per heavy atom. The molecule has 0 bridgehead atoms. The molecule has 0 unspecified atom stereocenters. The fraction of sp³-hybridized carbons (Fsp3) is 0.167. The van der Waals surface area contributed by atoms with Crippen LogP contribution in [0.15, 0.2) is 0 Å². The van der Waals surface area contributed by atoms with Gasteiger partial charge in [0.25, 0.3) is 0 Å². The second-order valence-electron chi connectivity index (χ2n) is 2.39. The van der Waals surface area contributed by atoms with Crippen LogP contribution in [0, 0.1) is 9.41 Å². The first kappa shape index (κ1) is 8.39. The number of H-pyrrole nitrogens is 3. The summed E-state index contributed by atoms with van der Waals surface area (Å²) in [6, 6.07) is 0. The molecule has 7 heteroatoms. The number of nitrogens with one attached hydrogen (secondary N) is 3. The number of hydrogen-bond donors (Lipinski definition) is 3. The number of methoxy groups -OCH3 is 1. The van der Waals surface area contributed by atoms with E-state index in [0.29, 0.717) is 26.3 Å². The van der Waals surface area contributed by atoms with Gasteiger partial charge in [-0.25, -0.2) is 0 Å². The van der Waals surface area contributed by atoms with E-state index in [4.69, 9.17) is 29.2 Å². The van der Waals surface area contributed by atoms with Crippen molar-refractivity contribution in [3.05, 3.63) is 9.41 Å². The minimum absolute atomic E-state index is 0.461. The van der Waals surface area contributed by atoms with Crippen molar-refractivity contribution < 1.29 is 4.74 Å². The van der Waals surface area contributed by atoms with Crippen LogP contribution in [-0.4, -0.2) is 27.3 Å². The SMILES string of the molecule is COc1n[nH]c2[nH]c(=S)[nH]c(=S)c12. The Balaban J connectivity index is 2.99. The van der Waals surface area contributed by atoms with Gasteiger partial charge in [-0.3, -0.25) is 5.10 Å². The molecular formula is C6H6N4OS2. The molecule has 13 heavy (non-hydrogen) atoms. The molecule has 0 aliphatic carbocycles. The van der Waals surface area contributed by atoms with E-state index in [1.807, 2.05) is 0 Å². The fourth-order valence-corrected chi connectivity index (χ4v) is 1.64. The lowest BCUT2D eigenvalue weighted by Gasteiger charge is -1.93. The normalized spacial score (nSPS) is 10.5. The molecule has 0 aliphatic rings. The zero-order valence-electron chi connectivity index (χ0n) is 6.67. The molecular weight excluding hydrogens is 208 g/mol. The van der Waals surface area contributed by atoms with E-state index < -0.39 is 0 Å². The first-order chi connectivity index (χ1) is 6.22. The second-order valence-corrected chi connectivity index (χ2v) is 3.21. The lowest BCUT2D eigenvalue weighted by atomic mass is 10.4. The van der Waals surface area contributed by atoms with Gasteiger partial charge in [-0.15, -0.1) is 5.10 Å². The summed E-state index contributed by atoms with van der Waals surface area (Å²) in [6.45, 7) is 0. The Labute approximate surface area is 83.1 Å². The van der Waals surface area contributed by atoms with E-state index in [1.54, 1.807) is 0 Å². The van der Waals surface area contributed by atoms with Crippen LogP contribution in [0.4, 0.5) is 0 Å². The Bertz CT molecular complexity index is 551. The standard InChI is InChI=1S/C6H6N4OS2/c1-11-4-2-3(9-10-4)7-6(13)8-5(2)12/h1H3,(H3,7,8,9,10,12,13). The van der Waals surface area contributed by atoms with Crippen molar-refractivity contribution >= 4 is 35.5 Å². The van der Waals surface area contributed by atoms with Crippen LogP contribution in [0.1, 0.15) is 0 Å². The van der Waals surface area contributed by atoms with Gasteiger partial charge in [0, 0.05) is 0 Å². The lowest BCUT2D eigenvalue weighted by Crippen LogP contribution is -1.86. The highest BCUT2D eigenvalue weighted by Crippen LogP contribution is 2.20. The highest BCUT2D eigenvalue weighted by atomic mass is 32.1. The Morgan fingerprint density at radius 3 is 2.77 bits per heavy atom. The number of aromatic amines is 3. The Hall–Kier alpha value is -1.21. The summed E-state index contributed by atoms with van der Waals surface area (Å²) in [7, 11) is 1.53. The number of ether oxygens (including phenoxy) is 1. The topological polar surface area (TPSA) is 69.5 Å². The average molecular weight is 214 g/mol. The zero-order valence-corrected chi connectivity index (χ0v) is 8.30. The molecule has 2 rings (SSSR count). The minimum atomic E-state index is 0.461. The smallest absolute Gasteiger partial charge is 0.244 e. The summed E-state index contributed by atoms with van der Waals surface area (Å²) in [4.78, 5) is 5.69. The minimum Gasteiger partial charge on any atom is -0.479 e. The molecule has 2 aromatic heterocycles. The maximum Gasteiger partial charge on any atom is 0.244 e. The average Bonchev–Trinajstić information content (AvgIpc) is 2.47. The molecule has 0 aliphatic heterocycles. The number of fused-ring (bicyclic) bond motifs is 1. The number of aromatic nitrogens is 4. The van der Waals surface area contributed by atoms with Gasteiger partial charge in [0.05, 0.1) is 7.11 Å². The van der Waals surface area contributed by atoms with Crippen molar-refractivity contribution in [1.82, 2.24) is 20.2 Å². The Morgan fingerprint density at radius 2 is 2.08 bits per heavy atom. The van der Waals surface area contributed by atoms with Crippen molar-refractivity contribution in [2.75, 3.05) is 7.11 Å². The van der Waals surface area contributed by atoms with Crippen molar-refractivity contribution in [2.24, 2.45) is 0 Å². The van der Waals surface area contributed by atoms with Crippen molar-refractivity contribution in [2.45, 2.75) is 0 Å². The Kier molecular flexibility index (Phi) is 1.89. The van der Waals surface area contributed by atoms with Gasteiger partial charge >= 0.3 is 0 Å². The number of hydrogen-bond acceptors (Lipinski definition) is 4. The predicted molar refractivity (Wildman–Crippen MR) is 53.0 cm³/mol. The molecule has 3 N–H and O–H groups in total. The van der Waals surface area contributed by atoms with Gasteiger partial charge in [0.15, 0.2) is 4.77 Å². The third-order valence-electron chi connectivity index (χ3n) is 1.62. The van der Waals surface area contributed by atoms with E-state index in [-0.39, 0.29) is 0 Å². The summed E-state index contributed by atoms with van der Waals surface area (Å²) in [6.07, 6.45) is 0. The third-order valence-corrected chi connectivity index (χ3v) is 2.13. The summed E-state index contributed by atoms with van der Waals surface area (Å²) in [5, 5.41) is 7.36. The van der Waals surface area contributed by atoms with Crippen molar-refractivity contribution in [1.29, 1.82) is 0 Å². The monoisotopic (exact) mass is 214 g/mol. The summed E-state index contributed by atoms with van der Waals surface area (Å²) in [5.74, 6) is 0.461. The van der Waals surface area contributed by atoms with Crippen molar-refractivity contribution in [3.8, 4) is 5.88 Å². The third kappa shape index (κ3) is 1.25. The van der Waals surface area contributed by atoms with E-state index in [0.717, 1.165) is 0 Å². The number of rotatable bonds is 1. The van der Waals surface area contributed by atoms with E-state index in [2.05, 4.69) is 20.2 Å². The summed E-state index contributed by atoms with van der Waals surface area (Å²) >= 11 is 9.97. The van der Waals surface area contributed by atoms with Gasteiger partial charge < -0.3 is 14.7 Å². The predicted octanol–water partition coefficient (Wildman–Crippen LogP) is 1.69. The van der Waals surface area contributed by atoms with E-state index in [1.165, 1.54) is 7.11 Å². The molecule has 0 amide bonds. The second kappa shape index (κ2) is 2.93. The maximum atomic E-state index is 5.07. The fourth-order valence-electron chi connectivity index (χ4n) is 1.08. The molecule has 0 atom stereocenters. The van der Waals surface area contributed by atoms with Crippen LogP contribution in [0.5, 0.6) is 5.88 Å². The van der Waals surface area contributed by atoms with Crippen LogP contribution in [0.2, 0.25) is 0 Å². The van der Waals surface area contributed by atoms with Gasteiger partial charge in [-0.1, -0.05) is 12.2 Å². The molecule has 0 saturated carbocycles. The van der Waals surface area contributed by atoms with Crippen LogP contribution >= 0.6 is 24.4 Å². The largest absolute Gasteiger partial charge is 0.479 e. The molecule has 0 radical (unpaired) electrons. The molecule has 0 spiro atoms. The van der Waals surface area contributed by atoms with Gasteiger partial charge in [-0.05, 0) is 12.2 Å². The highest BCUT2D eigenvalue weighted by Gasteiger charge is 2.07. The molecule has 5 nitrogen and oxygen atoms in total. The maximum absolute atomic E-state index is 5.07. The molecule has 2 aromatic rings. The van der Waals surface area contributed by atoms with Crippen LogP contribution in [0.3, 0.4) is 0 Å². The molecule has 0 aromatic carbocycles. The quantitative estimate of drug-likeness (QED) is 0.632. The highest BCUT2D eigenvalue weighted by molar-refractivity contribution is 7.72. The molecule has 0 fully saturated rings. The van der Waals surface area contributed by atoms with Crippen LogP contribution < -0.4 is 4.74 Å². The summed E-state index contributed by atoms with van der Waals surface area (Å²) in [5.41, 5.74) is 0.672. The number of nitrogens with zero attached hydrogens (tertiary/aromatic N) is 1.